The standard InChI is InChI=1S/C27H42O2S/c1-4-7-8-9-10-11-12-13-14-15-16-17-18-19-20-21-22-23-24-26(30-6-3)25-27(28)29-5-2/h7-8,10-11,13-14,16-17,19-20,22-23,26H,4-6,9,12,15,18,21,24-25H2,1-3H3/b8-7-,11-10-,14-13-,17-16-,20-19-,23-22-. The first-order chi connectivity index (χ1) is 14.7. The predicted molar refractivity (Wildman–Crippen MR) is 136 cm³/mol. The molecule has 0 bridgehead atoms. The van der Waals surface area contributed by atoms with Crippen molar-refractivity contribution in [2.24, 2.45) is 0 Å². The first kappa shape index (κ1) is 28.3. The fourth-order valence-electron chi connectivity index (χ4n) is 2.62. The Balaban J connectivity index is 3.82. The fourth-order valence-corrected chi connectivity index (χ4v) is 3.59. The topological polar surface area (TPSA) is 26.3 Å². The maximum absolute atomic E-state index is 11.6. The van der Waals surface area contributed by atoms with Gasteiger partial charge in [0.25, 0.3) is 0 Å². The molecule has 0 aliphatic heterocycles. The first-order valence-corrected chi connectivity index (χ1v) is 12.5. The van der Waals surface area contributed by atoms with Crippen molar-refractivity contribution < 1.29 is 9.53 Å². The minimum atomic E-state index is -0.0883. The number of hydrogen-bond donors (Lipinski definition) is 0. The molecule has 0 heterocycles. The minimum absolute atomic E-state index is 0.0883. The van der Waals surface area contributed by atoms with Gasteiger partial charge >= 0.3 is 5.97 Å². The molecule has 30 heavy (non-hydrogen) atoms. The predicted octanol–water partition coefficient (Wildman–Crippen LogP) is 8.15. The monoisotopic (exact) mass is 430 g/mol. The van der Waals surface area contributed by atoms with E-state index in [2.05, 4.69) is 86.8 Å². The Hall–Kier alpha value is -1.74. The number of hydrogen-bond acceptors (Lipinski definition) is 3. The van der Waals surface area contributed by atoms with Crippen LogP contribution in [-0.4, -0.2) is 23.6 Å². The molecule has 0 aromatic rings. The van der Waals surface area contributed by atoms with E-state index in [0.29, 0.717) is 18.3 Å². The van der Waals surface area contributed by atoms with Gasteiger partial charge in [-0.1, -0.05) is 86.8 Å². The highest BCUT2D eigenvalue weighted by Crippen LogP contribution is 2.19. The van der Waals surface area contributed by atoms with Crippen LogP contribution in [0.15, 0.2) is 72.9 Å². The van der Waals surface area contributed by atoms with E-state index >= 15 is 0 Å². The lowest BCUT2D eigenvalue weighted by molar-refractivity contribution is -0.143. The van der Waals surface area contributed by atoms with Crippen molar-refractivity contribution in [1.82, 2.24) is 0 Å². The van der Waals surface area contributed by atoms with Gasteiger partial charge in [0.15, 0.2) is 0 Å². The van der Waals surface area contributed by atoms with E-state index in [1.54, 1.807) is 0 Å². The number of carbonyl (C=O) groups is 1. The second-order valence-corrected chi connectivity index (χ2v) is 8.31. The quantitative estimate of drug-likeness (QED) is 0.162. The number of thioether (sulfide) groups is 1. The van der Waals surface area contributed by atoms with Crippen LogP contribution in [0.5, 0.6) is 0 Å². The van der Waals surface area contributed by atoms with Crippen LogP contribution >= 0.6 is 11.8 Å². The molecule has 3 heteroatoms. The summed E-state index contributed by atoms with van der Waals surface area (Å²) in [6, 6.07) is 0. The zero-order valence-corrected chi connectivity index (χ0v) is 20.1. The number of ether oxygens (including phenoxy) is 1. The van der Waals surface area contributed by atoms with Crippen molar-refractivity contribution >= 4 is 17.7 Å². The van der Waals surface area contributed by atoms with Crippen molar-refractivity contribution in [3.05, 3.63) is 72.9 Å². The molecule has 168 valence electrons. The van der Waals surface area contributed by atoms with Gasteiger partial charge in [0.05, 0.1) is 13.0 Å². The van der Waals surface area contributed by atoms with Gasteiger partial charge in [0.2, 0.25) is 0 Å². The normalized spacial score (nSPS) is 13.8. The maximum atomic E-state index is 11.6. The van der Waals surface area contributed by atoms with Crippen LogP contribution < -0.4 is 0 Å². The van der Waals surface area contributed by atoms with Gasteiger partial charge in [0, 0.05) is 5.25 Å². The van der Waals surface area contributed by atoms with Gasteiger partial charge in [-0.3, -0.25) is 4.79 Å². The molecule has 0 aromatic heterocycles. The average molecular weight is 431 g/mol. The third-order valence-electron chi connectivity index (χ3n) is 4.10. The van der Waals surface area contributed by atoms with Crippen molar-refractivity contribution in [2.45, 2.75) is 77.4 Å². The molecule has 0 aromatic carbocycles. The van der Waals surface area contributed by atoms with E-state index in [1.165, 1.54) is 0 Å². The summed E-state index contributed by atoms with van der Waals surface area (Å²) >= 11 is 1.83. The minimum Gasteiger partial charge on any atom is -0.466 e. The summed E-state index contributed by atoms with van der Waals surface area (Å²) in [7, 11) is 0. The molecular weight excluding hydrogens is 388 g/mol. The lowest BCUT2D eigenvalue weighted by atomic mass is 10.2. The Bertz CT molecular complexity index is 567. The lowest BCUT2D eigenvalue weighted by Crippen LogP contribution is -2.13. The van der Waals surface area contributed by atoms with Crippen molar-refractivity contribution in [1.29, 1.82) is 0 Å². The van der Waals surface area contributed by atoms with E-state index < -0.39 is 0 Å². The van der Waals surface area contributed by atoms with Crippen molar-refractivity contribution in [2.75, 3.05) is 12.4 Å². The molecular formula is C27H42O2S. The zero-order valence-electron chi connectivity index (χ0n) is 19.3. The third kappa shape index (κ3) is 21.0. The summed E-state index contributed by atoms with van der Waals surface area (Å²) in [5.74, 6) is 0.932. The van der Waals surface area contributed by atoms with Gasteiger partial charge in [0.1, 0.15) is 0 Å². The van der Waals surface area contributed by atoms with Crippen molar-refractivity contribution in [3.63, 3.8) is 0 Å². The molecule has 0 saturated heterocycles. The summed E-state index contributed by atoms with van der Waals surface area (Å²) in [5, 5.41) is 0.318. The van der Waals surface area contributed by atoms with Gasteiger partial charge in [-0.25, -0.2) is 0 Å². The van der Waals surface area contributed by atoms with E-state index in [0.717, 1.165) is 50.7 Å². The van der Waals surface area contributed by atoms with Crippen LogP contribution in [0, 0.1) is 0 Å². The molecule has 0 rings (SSSR count). The Kier molecular flexibility index (Phi) is 22.2. The summed E-state index contributed by atoms with van der Waals surface area (Å²) in [6.45, 7) is 6.60. The Labute approximate surface area is 189 Å². The molecule has 0 fully saturated rings. The van der Waals surface area contributed by atoms with E-state index in [1.807, 2.05) is 18.7 Å². The number of carbonyl (C=O) groups excluding carboxylic acids is 1. The molecule has 0 aliphatic rings. The lowest BCUT2D eigenvalue weighted by Gasteiger charge is -2.12. The Morgan fingerprint density at radius 3 is 1.53 bits per heavy atom. The van der Waals surface area contributed by atoms with E-state index in [9.17, 15) is 4.79 Å². The summed E-state index contributed by atoms with van der Waals surface area (Å²) in [4.78, 5) is 11.6. The van der Waals surface area contributed by atoms with E-state index in [4.69, 9.17) is 4.74 Å². The molecule has 2 nitrogen and oxygen atoms in total. The molecule has 0 radical (unpaired) electrons. The van der Waals surface area contributed by atoms with Crippen LogP contribution in [0.1, 0.15) is 72.1 Å². The number of rotatable bonds is 18. The maximum Gasteiger partial charge on any atom is 0.306 e. The summed E-state index contributed by atoms with van der Waals surface area (Å²) in [6.07, 6.45) is 34.0. The molecule has 0 spiro atoms. The number of allylic oxidation sites excluding steroid dienone is 12. The second-order valence-electron chi connectivity index (χ2n) is 6.74. The second kappa shape index (κ2) is 23.5. The van der Waals surface area contributed by atoms with Gasteiger partial charge in [-0.2, -0.15) is 11.8 Å². The zero-order chi connectivity index (χ0) is 22.1. The van der Waals surface area contributed by atoms with Gasteiger partial charge in [-0.15, -0.1) is 0 Å². The van der Waals surface area contributed by atoms with E-state index in [-0.39, 0.29) is 5.97 Å². The highest BCUT2D eigenvalue weighted by atomic mass is 32.2. The van der Waals surface area contributed by atoms with Crippen LogP contribution in [0.25, 0.3) is 0 Å². The molecule has 0 N–H and O–H groups in total. The van der Waals surface area contributed by atoms with Crippen LogP contribution in [-0.2, 0) is 9.53 Å². The van der Waals surface area contributed by atoms with Gasteiger partial charge in [-0.05, 0) is 57.6 Å². The highest BCUT2D eigenvalue weighted by Gasteiger charge is 2.12. The molecule has 1 unspecified atom stereocenters. The van der Waals surface area contributed by atoms with Crippen molar-refractivity contribution in [3.8, 4) is 0 Å². The smallest absolute Gasteiger partial charge is 0.306 e. The molecule has 0 saturated carbocycles. The van der Waals surface area contributed by atoms with Crippen LogP contribution in [0.3, 0.4) is 0 Å². The Morgan fingerprint density at radius 2 is 1.13 bits per heavy atom. The SMILES string of the molecule is CC/C=C\C/C=C\C/C=C\C/C=C\C/C=C\C/C=C\CC(CC(=O)OCC)SCC. The summed E-state index contributed by atoms with van der Waals surface area (Å²) in [5.41, 5.74) is 0. The van der Waals surface area contributed by atoms with Gasteiger partial charge < -0.3 is 4.74 Å². The summed E-state index contributed by atoms with van der Waals surface area (Å²) < 4.78 is 5.06. The third-order valence-corrected chi connectivity index (χ3v) is 5.26. The molecule has 1 atom stereocenters. The highest BCUT2D eigenvalue weighted by molar-refractivity contribution is 7.99. The number of esters is 1. The molecule has 0 amide bonds. The fraction of sp³-hybridized carbons (Fsp3) is 0.519. The average Bonchev–Trinajstić information content (AvgIpc) is 2.73. The van der Waals surface area contributed by atoms with Crippen LogP contribution in [0.2, 0.25) is 0 Å². The first-order valence-electron chi connectivity index (χ1n) is 11.4. The molecule has 0 aliphatic carbocycles. The Morgan fingerprint density at radius 1 is 0.700 bits per heavy atom. The largest absolute Gasteiger partial charge is 0.466 e. The van der Waals surface area contributed by atoms with Crippen LogP contribution in [0.4, 0.5) is 0 Å².